The van der Waals surface area contributed by atoms with Crippen molar-refractivity contribution >= 4 is 21.5 Å². The summed E-state index contributed by atoms with van der Waals surface area (Å²) in [4.78, 5) is 14.8. The Morgan fingerprint density at radius 2 is 1.95 bits per heavy atom. The van der Waals surface area contributed by atoms with Crippen LogP contribution in [0.2, 0.25) is 0 Å². The molecule has 0 unspecified atom stereocenters. The summed E-state index contributed by atoms with van der Waals surface area (Å²) in [7, 11) is -2.29. The predicted octanol–water partition coefficient (Wildman–Crippen LogP) is 1.61. The molecule has 0 radical (unpaired) electrons. The molecule has 0 fully saturated rings. The van der Waals surface area contributed by atoms with Gasteiger partial charge in [-0.2, -0.15) is 0 Å². The molecule has 21 heavy (non-hydrogen) atoms. The third-order valence-corrected chi connectivity index (χ3v) is 5.55. The van der Waals surface area contributed by atoms with Gasteiger partial charge in [0, 0.05) is 18.5 Å². The highest BCUT2D eigenvalue weighted by Crippen LogP contribution is 2.32. The number of fused-ring (bicyclic) bond motifs is 1. The highest BCUT2D eigenvalue weighted by molar-refractivity contribution is 7.92. The monoisotopic (exact) mass is 312 g/mol. The summed E-state index contributed by atoms with van der Waals surface area (Å²) in [6.07, 6.45) is 2.59. The van der Waals surface area contributed by atoms with E-state index < -0.39 is 20.6 Å². The van der Waals surface area contributed by atoms with E-state index >= 15 is 0 Å². The minimum absolute atomic E-state index is 0.000612. The molecule has 7 nitrogen and oxygen atoms in total. The second-order valence-corrected chi connectivity index (χ2v) is 8.19. The molecule has 0 aliphatic heterocycles. The number of nitrogens with zero attached hydrogens (tertiary/aromatic N) is 2. The third kappa shape index (κ3) is 2.46. The van der Waals surface area contributed by atoms with E-state index in [1.54, 1.807) is 20.8 Å². The molecular formula is C13H16N2O5S. The van der Waals surface area contributed by atoms with Crippen molar-refractivity contribution in [1.29, 1.82) is 0 Å². The van der Waals surface area contributed by atoms with Crippen LogP contribution in [0.5, 0.6) is 5.75 Å². The van der Waals surface area contributed by atoms with Crippen molar-refractivity contribution in [1.82, 2.24) is 9.38 Å². The normalized spacial score (nSPS) is 12.6. The smallest absolute Gasteiger partial charge is 0.356 e. The molecule has 0 spiro atoms. The van der Waals surface area contributed by atoms with Gasteiger partial charge in [-0.1, -0.05) is 0 Å². The van der Waals surface area contributed by atoms with Gasteiger partial charge >= 0.3 is 5.97 Å². The molecule has 114 valence electrons. The maximum Gasteiger partial charge on any atom is 0.356 e. The van der Waals surface area contributed by atoms with Crippen LogP contribution in [0.25, 0.3) is 5.65 Å². The molecule has 0 amide bonds. The molecule has 0 aliphatic carbocycles. The fraction of sp³-hybridized carbons (Fsp3) is 0.385. The van der Waals surface area contributed by atoms with Crippen molar-refractivity contribution in [3.63, 3.8) is 0 Å². The lowest BCUT2D eigenvalue weighted by molar-refractivity contribution is 0.0691. The van der Waals surface area contributed by atoms with E-state index in [0.29, 0.717) is 5.65 Å². The lowest BCUT2D eigenvalue weighted by atomic mass is 10.3. The quantitative estimate of drug-likeness (QED) is 0.924. The fourth-order valence-corrected chi connectivity index (χ4v) is 3.11. The van der Waals surface area contributed by atoms with Gasteiger partial charge in [-0.05, 0) is 20.8 Å². The first-order valence-electron chi connectivity index (χ1n) is 6.12. The van der Waals surface area contributed by atoms with Crippen LogP contribution in [0.1, 0.15) is 31.3 Å². The van der Waals surface area contributed by atoms with Crippen molar-refractivity contribution in [2.45, 2.75) is 30.4 Å². The Morgan fingerprint density at radius 1 is 1.33 bits per heavy atom. The Hall–Kier alpha value is -2.09. The first-order valence-corrected chi connectivity index (χ1v) is 7.61. The Bertz CT molecular complexity index is 815. The van der Waals surface area contributed by atoms with Gasteiger partial charge in [-0.25, -0.2) is 18.2 Å². The number of aromatic carboxylic acids is 1. The summed E-state index contributed by atoms with van der Waals surface area (Å²) in [6.45, 7) is 4.76. The summed E-state index contributed by atoms with van der Waals surface area (Å²) in [5.41, 5.74) is 0.138. The van der Waals surface area contributed by atoms with E-state index in [2.05, 4.69) is 4.98 Å². The van der Waals surface area contributed by atoms with Crippen LogP contribution in [0.15, 0.2) is 23.4 Å². The summed E-state index contributed by atoms with van der Waals surface area (Å²) >= 11 is 0. The van der Waals surface area contributed by atoms with Gasteiger partial charge in [-0.3, -0.25) is 0 Å². The zero-order chi connectivity index (χ0) is 16.0. The molecule has 0 saturated carbocycles. The minimum Gasteiger partial charge on any atom is -0.495 e. The van der Waals surface area contributed by atoms with Gasteiger partial charge in [0.2, 0.25) is 0 Å². The number of carboxylic acids is 1. The number of ether oxygens (including phenoxy) is 1. The first kappa shape index (κ1) is 15.3. The van der Waals surface area contributed by atoms with E-state index in [4.69, 9.17) is 9.84 Å². The molecule has 2 aromatic rings. The van der Waals surface area contributed by atoms with E-state index in [-0.39, 0.29) is 16.3 Å². The number of methoxy groups -OCH3 is 1. The van der Waals surface area contributed by atoms with Crippen molar-refractivity contribution in [2.24, 2.45) is 0 Å². The number of hydrogen-bond acceptors (Lipinski definition) is 5. The van der Waals surface area contributed by atoms with Crippen LogP contribution in [0.3, 0.4) is 0 Å². The van der Waals surface area contributed by atoms with E-state index in [0.717, 1.165) is 0 Å². The molecule has 2 rings (SSSR count). The average Bonchev–Trinajstić information content (AvgIpc) is 2.78. The number of sulfone groups is 1. The molecule has 0 saturated heterocycles. The Kier molecular flexibility index (Phi) is 3.45. The van der Waals surface area contributed by atoms with Crippen molar-refractivity contribution in [2.75, 3.05) is 7.11 Å². The number of carboxylic acid groups (broad SMARTS) is 1. The summed E-state index contributed by atoms with van der Waals surface area (Å²) in [6, 6.07) is 1.41. The van der Waals surface area contributed by atoms with Crippen molar-refractivity contribution in [3.05, 3.63) is 24.2 Å². The topological polar surface area (TPSA) is 98.0 Å². The van der Waals surface area contributed by atoms with Gasteiger partial charge in [0.25, 0.3) is 0 Å². The molecule has 0 atom stereocenters. The van der Waals surface area contributed by atoms with Crippen molar-refractivity contribution in [3.8, 4) is 5.75 Å². The minimum atomic E-state index is -3.64. The highest BCUT2D eigenvalue weighted by Gasteiger charge is 2.34. The number of pyridine rings is 1. The number of carbonyl (C=O) groups is 1. The van der Waals surface area contributed by atoms with Gasteiger partial charge in [0.15, 0.2) is 15.5 Å². The molecule has 8 heteroatoms. The van der Waals surface area contributed by atoms with Gasteiger partial charge < -0.3 is 14.2 Å². The number of rotatable bonds is 3. The average molecular weight is 312 g/mol. The zero-order valence-corrected chi connectivity index (χ0v) is 12.9. The van der Waals surface area contributed by atoms with Crippen LogP contribution >= 0.6 is 0 Å². The van der Waals surface area contributed by atoms with Gasteiger partial charge in [0.05, 0.1) is 11.9 Å². The standard InChI is InChI=1S/C13H16N2O5S/c1-13(2,3)21(18,19)10-7-15-6-8(12(16)17)14-11(15)5-9(10)20-4/h5-7H,1-4H3,(H,16,17). The van der Waals surface area contributed by atoms with Crippen LogP contribution in [0, 0.1) is 0 Å². The molecular weight excluding hydrogens is 296 g/mol. The zero-order valence-electron chi connectivity index (χ0n) is 12.1. The van der Waals surface area contributed by atoms with Crippen LogP contribution in [0.4, 0.5) is 0 Å². The molecule has 2 heterocycles. The van der Waals surface area contributed by atoms with Crippen molar-refractivity contribution < 1.29 is 23.1 Å². The van der Waals surface area contributed by atoms with Crippen LogP contribution in [-0.4, -0.2) is 40.7 Å². The van der Waals surface area contributed by atoms with Crippen LogP contribution in [-0.2, 0) is 9.84 Å². The highest BCUT2D eigenvalue weighted by atomic mass is 32.2. The van der Waals surface area contributed by atoms with Crippen LogP contribution < -0.4 is 4.74 Å². The lowest BCUT2D eigenvalue weighted by Crippen LogP contribution is -2.28. The molecule has 2 aromatic heterocycles. The second kappa shape index (κ2) is 4.73. The van der Waals surface area contributed by atoms with Gasteiger partial charge in [0.1, 0.15) is 16.3 Å². The summed E-state index contributed by atoms with van der Waals surface area (Å²) < 4.78 is 30.7. The Morgan fingerprint density at radius 3 is 2.43 bits per heavy atom. The summed E-state index contributed by atoms with van der Waals surface area (Å²) in [5.74, 6) is -1.04. The second-order valence-electron chi connectivity index (χ2n) is 5.52. The molecule has 0 bridgehead atoms. The van der Waals surface area contributed by atoms with Gasteiger partial charge in [-0.15, -0.1) is 0 Å². The Balaban J connectivity index is 2.78. The van der Waals surface area contributed by atoms with E-state index in [1.807, 2.05) is 0 Å². The number of imidazole rings is 1. The fourth-order valence-electron chi connectivity index (χ4n) is 1.79. The SMILES string of the molecule is COc1cc2nc(C(=O)O)cn2cc1S(=O)(=O)C(C)(C)C. The molecule has 0 aliphatic rings. The largest absolute Gasteiger partial charge is 0.495 e. The van der Waals surface area contributed by atoms with E-state index in [1.165, 1.54) is 30.0 Å². The predicted molar refractivity (Wildman–Crippen MR) is 75.6 cm³/mol. The molecule has 1 N–H and O–H groups in total. The maximum absolute atomic E-state index is 12.6. The summed E-state index contributed by atoms with van der Waals surface area (Å²) in [5, 5.41) is 8.95. The number of aromatic nitrogens is 2. The van der Waals surface area contributed by atoms with E-state index in [9.17, 15) is 13.2 Å². The first-order chi connectivity index (χ1) is 9.57. The maximum atomic E-state index is 12.6. The Labute approximate surface area is 122 Å². The molecule has 0 aromatic carbocycles. The third-order valence-electron chi connectivity index (χ3n) is 3.06. The number of hydrogen-bond donors (Lipinski definition) is 1. The lowest BCUT2D eigenvalue weighted by Gasteiger charge is -2.20.